The lowest BCUT2D eigenvalue weighted by atomic mass is 9.90. The molecule has 9 heteroatoms. The summed E-state index contributed by atoms with van der Waals surface area (Å²) in [4.78, 5) is 42.1. The third-order valence-corrected chi connectivity index (χ3v) is 8.62. The van der Waals surface area contributed by atoms with Gasteiger partial charge in [-0.2, -0.15) is 0 Å². The van der Waals surface area contributed by atoms with E-state index in [1.54, 1.807) is 4.90 Å². The molecule has 1 N–H and O–H groups in total. The highest BCUT2D eigenvalue weighted by Gasteiger charge is 2.38. The number of likely N-dealkylation sites (tertiary alicyclic amines) is 1. The molecular formula is C26H33N5O3S. The van der Waals surface area contributed by atoms with E-state index < -0.39 is 0 Å². The number of aryl methyl sites for hydroxylation is 1. The van der Waals surface area contributed by atoms with Crippen molar-refractivity contribution in [3.8, 4) is 0 Å². The van der Waals surface area contributed by atoms with Crippen molar-refractivity contribution < 1.29 is 14.4 Å². The summed E-state index contributed by atoms with van der Waals surface area (Å²) in [6, 6.07) is 7.82. The number of hydrogen-bond donors (Lipinski definition) is 1. The first-order valence-electron chi connectivity index (χ1n) is 12.8. The Morgan fingerprint density at radius 1 is 0.971 bits per heavy atom. The van der Waals surface area contributed by atoms with E-state index in [-0.39, 0.29) is 36.0 Å². The molecule has 0 radical (unpaired) electrons. The number of amides is 3. The molecule has 3 amide bonds. The molecule has 1 atom stereocenters. The molecule has 1 unspecified atom stereocenters. The predicted molar refractivity (Wildman–Crippen MR) is 135 cm³/mol. The largest absolute Gasteiger partial charge is 0.342 e. The molecule has 1 saturated carbocycles. The average Bonchev–Trinajstić information content (AvgIpc) is 3.51. The summed E-state index contributed by atoms with van der Waals surface area (Å²) in [6.07, 6.45) is 7.57. The van der Waals surface area contributed by atoms with Gasteiger partial charge in [0.15, 0.2) is 0 Å². The predicted octanol–water partition coefficient (Wildman–Crippen LogP) is 4.12. The third-order valence-electron chi connectivity index (χ3n) is 7.62. The van der Waals surface area contributed by atoms with Crippen molar-refractivity contribution in [3.63, 3.8) is 0 Å². The molecule has 0 spiro atoms. The minimum atomic E-state index is -0.325. The van der Waals surface area contributed by atoms with Gasteiger partial charge < -0.3 is 15.1 Å². The molecular weight excluding hydrogens is 462 g/mol. The Hall–Kier alpha value is -2.81. The molecule has 1 aliphatic carbocycles. The van der Waals surface area contributed by atoms with Crippen LogP contribution in [0.3, 0.4) is 0 Å². The highest BCUT2D eigenvalue weighted by atomic mass is 32.1. The van der Waals surface area contributed by atoms with Gasteiger partial charge in [-0.3, -0.25) is 14.4 Å². The molecule has 0 bridgehead atoms. The monoisotopic (exact) mass is 495 g/mol. The van der Waals surface area contributed by atoms with Gasteiger partial charge in [-0.05, 0) is 44.7 Å². The van der Waals surface area contributed by atoms with E-state index in [0.717, 1.165) is 29.1 Å². The van der Waals surface area contributed by atoms with Gasteiger partial charge in [0.1, 0.15) is 5.01 Å². The molecule has 35 heavy (non-hydrogen) atoms. The van der Waals surface area contributed by atoms with Crippen molar-refractivity contribution in [3.05, 3.63) is 34.8 Å². The molecule has 186 valence electrons. The Balaban J connectivity index is 1.11. The zero-order valence-electron chi connectivity index (χ0n) is 20.2. The van der Waals surface area contributed by atoms with E-state index in [9.17, 15) is 14.4 Å². The third kappa shape index (κ3) is 5.39. The fourth-order valence-electron chi connectivity index (χ4n) is 5.47. The van der Waals surface area contributed by atoms with Crippen LogP contribution < -0.4 is 10.2 Å². The maximum atomic E-state index is 13.1. The highest BCUT2D eigenvalue weighted by molar-refractivity contribution is 7.15. The SMILES string of the molecule is Cc1ccc(N2CC(C(=O)N3CCC(C(=O)Nc4nnc(C5CCCCC5)s4)CC3)CC2=O)cc1. The van der Waals surface area contributed by atoms with E-state index >= 15 is 0 Å². The first-order chi connectivity index (χ1) is 17.0. The molecule has 5 rings (SSSR count). The average molecular weight is 496 g/mol. The van der Waals surface area contributed by atoms with Gasteiger partial charge in [0, 0.05) is 43.6 Å². The minimum absolute atomic E-state index is 0.00822. The number of nitrogens with one attached hydrogen (secondary N) is 1. The number of rotatable bonds is 5. The zero-order chi connectivity index (χ0) is 24.4. The summed E-state index contributed by atoms with van der Waals surface area (Å²) in [7, 11) is 0. The van der Waals surface area contributed by atoms with Gasteiger partial charge in [-0.25, -0.2) is 0 Å². The molecule has 1 aromatic carbocycles. The van der Waals surface area contributed by atoms with Gasteiger partial charge in [0.05, 0.1) is 5.92 Å². The van der Waals surface area contributed by atoms with Crippen LogP contribution in [0.4, 0.5) is 10.8 Å². The smallest absolute Gasteiger partial charge is 0.229 e. The Morgan fingerprint density at radius 3 is 2.40 bits per heavy atom. The second-order valence-corrected chi connectivity index (χ2v) is 11.1. The quantitative estimate of drug-likeness (QED) is 0.673. The van der Waals surface area contributed by atoms with E-state index in [1.165, 1.54) is 30.6 Å². The van der Waals surface area contributed by atoms with E-state index in [1.807, 2.05) is 36.1 Å². The Morgan fingerprint density at radius 2 is 1.69 bits per heavy atom. The van der Waals surface area contributed by atoms with Crippen LogP contribution in [-0.4, -0.2) is 52.5 Å². The van der Waals surface area contributed by atoms with Crippen LogP contribution in [0.5, 0.6) is 0 Å². The van der Waals surface area contributed by atoms with Crippen LogP contribution in [0.25, 0.3) is 0 Å². The van der Waals surface area contributed by atoms with Crippen LogP contribution in [0.15, 0.2) is 24.3 Å². The second kappa shape index (κ2) is 10.4. The summed E-state index contributed by atoms with van der Waals surface area (Å²) < 4.78 is 0. The van der Waals surface area contributed by atoms with E-state index in [0.29, 0.717) is 43.5 Å². The number of nitrogens with zero attached hydrogens (tertiary/aromatic N) is 4. The first-order valence-corrected chi connectivity index (χ1v) is 13.6. The Bertz CT molecular complexity index is 1070. The fraction of sp³-hybridized carbons (Fsp3) is 0.577. The summed E-state index contributed by atoms with van der Waals surface area (Å²) >= 11 is 1.50. The summed E-state index contributed by atoms with van der Waals surface area (Å²) in [6.45, 7) is 3.50. The van der Waals surface area contributed by atoms with E-state index in [4.69, 9.17) is 0 Å². The lowest BCUT2D eigenvalue weighted by molar-refractivity contribution is -0.138. The highest BCUT2D eigenvalue weighted by Crippen LogP contribution is 2.35. The van der Waals surface area contributed by atoms with E-state index in [2.05, 4.69) is 15.5 Å². The lowest BCUT2D eigenvalue weighted by Crippen LogP contribution is -2.44. The second-order valence-electron chi connectivity index (χ2n) is 10.1. The van der Waals surface area contributed by atoms with Gasteiger partial charge in [-0.15, -0.1) is 10.2 Å². The first kappa shape index (κ1) is 23.9. The standard InChI is InChI=1S/C26H33N5O3S/c1-17-7-9-21(10-8-17)31-16-20(15-22(31)32)25(34)30-13-11-18(12-14-30)23(33)27-26-29-28-24(35-26)19-5-3-2-4-6-19/h7-10,18-20H,2-6,11-16H2,1H3,(H,27,29,33). The number of carbonyl (C=O) groups is 3. The Labute approximate surface area is 210 Å². The number of benzene rings is 1. The van der Waals surface area contributed by atoms with Crippen molar-refractivity contribution >= 4 is 39.9 Å². The number of carbonyl (C=O) groups excluding carboxylic acids is 3. The fourth-order valence-corrected chi connectivity index (χ4v) is 6.39. The normalized spacial score (nSPS) is 22.0. The van der Waals surface area contributed by atoms with Gasteiger partial charge in [-0.1, -0.05) is 48.3 Å². The molecule has 3 fully saturated rings. The summed E-state index contributed by atoms with van der Waals surface area (Å²) in [5.74, 6) is -0.0149. The molecule has 2 aliphatic heterocycles. The molecule has 2 saturated heterocycles. The van der Waals surface area contributed by atoms with Crippen molar-refractivity contribution in [2.45, 2.75) is 64.2 Å². The summed E-state index contributed by atoms with van der Waals surface area (Å²) in [5, 5.41) is 13.1. The van der Waals surface area contributed by atoms with Crippen molar-refractivity contribution in [1.29, 1.82) is 0 Å². The molecule has 3 heterocycles. The van der Waals surface area contributed by atoms with Crippen molar-refractivity contribution in [2.75, 3.05) is 29.9 Å². The van der Waals surface area contributed by atoms with Gasteiger partial charge in [0.2, 0.25) is 22.9 Å². The van der Waals surface area contributed by atoms with Crippen LogP contribution in [0.2, 0.25) is 0 Å². The van der Waals surface area contributed by atoms with Crippen molar-refractivity contribution in [2.24, 2.45) is 11.8 Å². The molecule has 1 aromatic heterocycles. The van der Waals surface area contributed by atoms with Crippen molar-refractivity contribution in [1.82, 2.24) is 15.1 Å². The topological polar surface area (TPSA) is 95.5 Å². The zero-order valence-corrected chi connectivity index (χ0v) is 21.1. The number of hydrogen-bond acceptors (Lipinski definition) is 6. The van der Waals surface area contributed by atoms with Crippen LogP contribution in [0.1, 0.15) is 67.9 Å². The number of anilines is 2. The Kier molecular flexibility index (Phi) is 7.13. The number of aromatic nitrogens is 2. The maximum Gasteiger partial charge on any atom is 0.229 e. The number of piperidine rings is 1. The molecule has 2 aromatic rings. The van der Waals surface area contributed by atoms with Gasteiger partial charge >= 0.3 is 0 Å². The lowest BCUT2D eigenvalue weighted by Gasteiger charge is -2.32. The molecule has 8 nitrogen and oxygen atoms in total. The van der Waals surface area contributed by atoms with Gasteiger partial charge in [0.25, 0.3) is 0 Å². The maximum absolute atomic E-state index is 13.1. The van der Waals surface area contributed by atoms with Crippen LogP contribution >= 0.6 is 11.3 Å². The molecule has 3 aliphatic rings. The summed E-state index contributed by atoms with van der Waals surface area (Å²) in [5.41, 5.74) is 1.98. The minimum Gasteiger partial charge on any atom is -0.342 e. The van der Waals surface area contributed by atoms with Crippen LogP contribution in [-0.2, 0) is 14.4 Å². The van der Waals surface area contributed by atoms with Crippen LogP contribution in [0, 0.1) is 18.8 Å².